The van der Waals surface area contributed by atoms with E-state index in [9.17, 15) is 22.4 Å². The molecular formula is C18H10BrF4NO3. The van der Waals surface area contributed by atoms with Crippen LogP contribution in [0.5, 0.6) is 5.75 Å². The number of carbonyl (C=O) groups is 1. The van der Waals surface area contributed by atoms with Crippen LogP contribution in [0.4, 0.5) is 23.2 Å². The summed E-state index contributed by atoms with van der Waals surface area (Å²) >= 11 is 3.29. The normalized spacial score (nSPS) is 10.7. The van der Waals surface area contributed by atoms with Crippen molar-refractivity contribution in [3.8, 4) is 5.75 Å². The van der Waals surface area contributed by atoms with E-state index in [1.807, 2.05) is 0 Å². The molecule has 0 aliphatic heterocycles. The van der Waals surface area contributed by atoms with Crippen molar-refractivity contribution in [2.24, 2.45) is 0 Å². The third kappa shape index (κ3) is 4.30. The van der Waals surface area contributed by atoms with Crippen LogP contribution in [-0.2, 0) is 6.61 Å². The lowest BCUT2D eigenvalue weighted by molar-refractivity contribution is 0.0991. The Labute approximate surface area is 158 Å². The van der Waals surface area contributed by atoms with Crippen LogP contribution in [0.1, 0.15) is 16.3 Å². The molecule has 27 heavy (non-hydrogen) atoms. The molecule has 1 N–H and O–H groups in total. The first kappa shape index (κ1) is 19.0. The predicted molar refractivity (Wildman–Crippen MR) is 91.4 cm³/mol. The average Bonchev–Trinajstić information content (AvgIpc) is 3.12. The third-order valence-electron chi connectivity index (χ3n) is 3.43. The van der Waals surface area contributed by atoms with E-state index in [1.54, 1.807) is 29.6 Å². The Kier molecular flexibility index (Phi) is 5.50. The molecular weight excluding hydrogens is 434 g/mol. The molecule has 3 rings (SSSR count). The van der Waals surface area contributed by atoms with Crippen LogP contribution in [0.25, 0.3) is 0 Å². The molecule has 0 saturated carbocycles. The zero-order valence-corrected chi connectivity index (χ0v) is 14.9. The number of benzene rings is 2. The van der Waals surface area contributed by atoms with Crippen molar-refractivity contribution in [3.63, 3.8) is 0 Å². The molecule has 0 aliphatic carbocycles. The van der Waals surface area contributed by atoms with Gasteiger partial charge in [0.25, 0.3) is 5.91 Å². The molecule has 0 unspecified atom stereocenters. The summed E-state index contributed by atoms with van der Waals surface area (Å²) in [6, 6.07) is 9.68. The number of ether oxygens (including phenoxy) is 1. The number of anilines is 1. The number of carbonyl (C=O) groups excluding carboxylic acids is 1. The lowest BCUT2D eigenvalue weighted by Gasteiger charge is -2.07. The fourth-order valence-corrected chi connectivity index (χ4v) is 2.39. The van der Waals surface area contributed by atoms with Crippen LogP contribution in [0.15, 0.2) is 51.4 Å². The van der Waals surface area contributed by atoms with Crippen LogP contribution < -0.4 is 10.1 Å². The van der Waals surface area contributed by atoms with Crippen molar-refractivity contribution in [3.05, 3.63) is 81.7 Å². The molecule has 1 heterocycles. The highest BCUT2D eigenvalue weighted by Crippen LogP contribution is 2.25. The number of nitrogens with one attached hydrogen (secondary N) is 1. The molecule has 140 valence electrons. The van der Waals surface area contributed by atoms with Crippen LogP contribution in [0, 0.1) is 23.3 Å². The van der Waals surface area contributed by atoms with Gasteiger partial charge in [-0.25, -0.2) is 17.6 Å². The molecule has 1 amide bonds. The molecule has 0 radical (unpaired) electrons. The van der Waals surface area contributed by atoms with E-state index in [0.29, 0.717) is 5.75 Å². The Hall–Kier alpha value is -2.81. The fraction of sp³-hybridized carbons (Fsp3) is 0.0556. The van der Waals surface area contributed by atoms with Crippen molar-refractivity contribution in [2.75, 3.05) is 5.32 Å². The SMILES string of the molecule is O=C(Nc1c(F)c(F)cc(F)c1F)c1ccc(COc2ccc(Br)cc2)o1. The fourth-order valence-electron chi connectivity index (χ4n) is 2.12. The Morgan fingerprint density at radius 3 is 2.26 bits per heavy atom. The van der Waals surface area contributed by atoms with E-state index in [-0.39, 0.29) is 24.2 Å². The maximum Gasteiger partial charge on any atom is 0.291 e. The summed E-state index contributed by atoms with van der Waals surface area (Å²) in [7, 11) is 0. The standard InChI is InChI=1S/C18H10BrF4NO3/c19-9-1-3-10(4-2-9)26-8-11-5-6-14(27-11)18(25)24-17-15(22)12(20)7-13(21)16(17)23/h1-7H,8H2,(H,24,25). The molecule has 1 aromatic heterocycles. The summed E-state index contributed by atoms with van der Waals surface area (Å²) in [5.74, 6) is -7.27. The Balaban J connectivity index is 1.69. The van der Waals surface area contributed by atoms with Crippen LogP contribution in [0.2, 0.25) is 0 Å². The molecule has 4 nitrogen and oxygen atoms in total. The summed E-state index contributed by atoms with van der Waals surface area (Å²) < 4.78 is 65.2. The van der Waals surface area contributed by atoms with E-state index in [0.717, 1.165) is 4.47 Å². The van der Waals surface area contributed by atoms with Gasteiger partial charge in [0.15, 0.2) is 29.0 Å². The maximum atomic E-state index is 13.6. The summed E-state index contributed by atoms with van der Waals surface area (Å²) in [6.45, 7) is -0.00771. The van der Waals surface area contributed by atoms with Gasteiger partial charge in [0, 0.05) is 10.5 Å². The maximum absolute atomic E-state index is 13.6. The Morgan fingerprint density at radius 1 is 1.00 bits per heavy atom. The zero-order chi connectivity index (χ0) is 19.6. The molecule has 0 bridgehead atoms. The van der Waals surface area contributed by atoms with Crippen molar-refractivity contribution in [2.45, 2.75) is 6.61 Å². The highest BCUT2D eigenvalue weighted by molar-refractivity contribution is 9.10. The summed E-state index contributed by atoms with van der Waals surface area (Å²) in [4.78, 5) is 12.0. The second-order valence-corrected chi connectivity index (χ2v) is 6.22. The van der Waals surface area contributed by atoms with Gasteiger partial charge in [0.05, 0.1) is 0 Å². The van der Waals surface area contributed by atoms with Crippen LogP contribution >= 0.6 is 15.9 Å². The lowest BCUT2D eigenvalue weighted by atomic mass is 10.2. The molecule has 2 aromatic carbocycles. The van der Waals surface area contributed by atoms with Crippen molar-refractivity contribution >= 4 is 27.5 Å². The monoisotopic (exact) mass is 443 g/mol. The first-order valence-electron chi connectivity index (χ1n) is 7.46. The van der Waals surface area contributed by atoms with Gasteiger partial charge in [-0.05, 0) is 36.4 Å². The second-order valence-electron chi connectivity index (χ2n) is 5.31. The van der Waals surface area contributed by atoms with Gasteiger partial charge in [0.1, 0.15) is 23.8 Å². The summed E-state index contributed by atoms with van der Waals surface area (Å²) in [5.41, 5.74) is -1.23. The van der Waals surface area contributed by atoms with E-state index in [2.05, 4.69) is 15.9 Å². The van der Waals surface area contributed by atoms with Crippen LogP contribution in [0.3, 0.4) is 0 Å². The van der Waals surface area contributed by atoms with E-state index < -0.39 is 34.9 Å². The van der Waals surface area contributed by atoms with E-state index in [4.69, 9.17) is 9.15 Å². The highest BCUT2D eigenvalue weighted by Gasteiger charge is 2.22. The van der Waals surface area contributed by atoms with E-state index >= 15 is 0 Å². The van der Waals surface area contributed by atoms with Gasteiger partial charge >= 0.3 is 0 Å². The third-order valence-corrected chi connectivity index (χ3v) is 3.96. The quantitative estimate of drug-likeness (QED) is 0.422. The number of furan rings is 1. The minimum Gasteiger partial charge on any atom is -0.486 e. The van der Waals surface area contributed by atoms with Gasteiger partial charge in [-0.2, -0.15) is 0 Å². The van der Waals surface area contributed by atoms with Crippen molar-refractivity contribution in [1.29, 1.82) is 0 Å². The number of halogens is 5. The molecule has 0 aliphatic rings. The zero-order valence-electron chi connectivity index (χ0n) is 13.4. The largest absolute Gasteiger partial charge is 0.486 e. The van der Waals surface area contributed by atoms with Gasteiger partial charge in [-0.1, -0.05) is 15.9 Å². The highest BCUT2D eigenvalue weighted by atomic mass is 79.9. The topological polar surface area (TPSA) is 51.5 Å². The van der Waals surface area contributed by atoms with E-state index in [1.165, 1.54) is 12.1 Å². The van der Waals surface area contributed by atoms with Gasteiger partial charge in [-0.15, -0.1) is 0 Å². The smallest absolute Gasteiger partial charge is 0.291 e. The summed E-state index contributed by atoms with van der Waals surface area (Å²) in [6.07, 6.45) is 0. The molecule has 0 fully saturated rings. The first-order valence-corrected chi connectivity index (χ1v) is 8.26. The van der Waals surface area contributed by atoms with Gasteiger partial charge in [0.2, 0.25) is 0 Å². The molecule has 0 saturated heterocycles. The molecule has 3 aromatic rings. The minimum atomic E-state index is -1.72. The van der Waals surface area contributed by atoms with Crippen molar-refractivity contribution in [1.82, 2.24) is 0 Å². The number of rotatable bonds is 5. The Morgan fingerprint density at radius 2 is 1.63 bits per heavy atom. The number of hydrogen-bond acceptors (Lipinski definition) is 3. The minimum absolute atomic E-state index is 0.00771. The molecule has 9 heteroatoms. The first-order chi connectivity index (χ1) is 12.8. The van der Waals surface area contributed by atoms with Crippen LogP contribution in [-0.4, -0.2) is 5.91 Å². The van der Waals surface area contributed by atoms with Gasteiger partial charge in [-0.3, -0.25) is 4.79 Å². The Bertz CT molecular complexity index is 963. The number of amides is 1. The predicted octanol–water partition coefficient (Wildman–Crippen LogP) is 5.43. The molecule has 0 atom stereocenters. The van der Waals surface area contributed by atoms with Crippen molar-refractivity contribution < 1.29 is 31.5 Å². The number of hydrogen-bond donors (Lipinski definition) is 1. The summed E-state index contributed by atoms with van der Waals surface area (Å²) in [5, 5.41) is 1.76. The van der Waals surface area contributed by atoms with Gasteiger partial charge < -0.3 is 14.5 Å². The molecule has 0 spiro atoms. The lowest BCUT2D eigenvalue weighted by Crippen LogP contribution is -2.15. The average molecular weight is 444 g/mol. The second kappa shape index (κ2) is 7.83.